The molecular weight excluding hydrogens is 367 g/mol. The lowest BCUT2D eigenvalue weighted by atomic mass is 9.73. The quantitative estimate of drug-likeness (QED) is 0.611. The first-order valence-corrected chi connectivity index (χ1v) is 9.43. The summed E-state index contributed by atoms with van der Waals surface area (Å²) in [5.41, 5.74) is 4.44. The number of Topliss-reactive ketones (excluding diaryl/α,β-unsaturated/α-hetero) is 1. The zero-order valence-corrected chi connectivity index (χ0v) is 16.2. The Morgan fingerprint density at radius 2 is 1.77 bits per heavy atom. The molecule has 0 spiro atoms. The molecule has 0 bridgehead atoms. The lowest BCUT2D eigenvalue weighted by Gasteiger charge is -2.34. The molecule has 4 rings (SSSR count). The molecule has 1 atom stereocenters. The second-order valence-electron chi connectivity index (χ2n) is 7.75. The van der Waals surface area contributed by atoms with Crippen molar-refractivity contribution in [1.29, 1.82) is 0 Å². The van der Waals surface area contributed by atoms with E-state index in [1.54, 1.807) is 6.07 Å². The first-order chi connectivity index (χ1) is 12.3. The fourth-order valence-corrected chi connectivity index (χ4v) is 4.38. The number of hydrogen-bond acceptors (Lipinski definition) is 3. The van der Waals surface area contributed by atoms with E-state index in [-0.39, 0.29) is 17.2 Å². The average molecular weight is 387 g/mol. The van der Waals surface area contributed by atoms with Crippen molar-refractivity contribution in [3.05, 3.63) is 69.3 Å². The van der Waals surface area contributed by atoms with Crippen molar-refractivity contribution in [2.45, 2.75) is 32.7 Å². The Bertz CT molecular complexity index is 933. The predicted octanol–water partition coefficient (Wildman–Crippen LogP) is 6.22. The van der Waals surface area contributed by atoms with E-state index in [1.807, 2.05) is 36.4 Å². The Kier molecular flexibility index (Phi) is 4.25. The molecule has 2 N–H and O–H groups in total. The van der Waals surface area contributed by atoms with Crippen molar-refractivity contribution in [1.82, 2.24) is 0 Å². The van der Waals surface area contributed by atoms with Gasteiger partial charge in [0, 0.05) is 27.7 Å². The van der Waals surface area contributed by atoms with Gasteiger partial charge in [0.1, 0.15) is 0 Å². The maximum atomic E-state index is 13.1. The van der Waals surface area contributed by atoms with Crippen molar-refractivity contribution in [3.63, 3.8) is 0 Å². The number of anilines is 2. The lowest BCUT2D eigenvalue weighted by molar-refractivity contribution is -0.118. The molecule has 0 radical (unpaired) electrons. The van der Waals surface area contributed by atoms with Gasteiger partial charge in [0.2, 0.25) is 0 Å². The third-order valence-electron chi connectivity index (χ3n) is 4.99. The van der Waals surface area contributed by atoms with Gasteiger partial charge in [0.05, 0.1) is 17.4 Å². The maximum Gasteiger partial charge on any atom is 0.163 e. The number of halogens is 2. The molecule has 0 saturated carbocycles. The van der Waals surface area contributed by atoms with Crippen LogP contribution in [-0.2, 0) is 4.79 Å². The lowest BCUT2D eigenvalue weighted by Crippen LogP contribution is -2.31. The summed E-state index contributed by atoms with van der Waals surface area (Å²) in [7, 11) is 0. The van der Waals surface area contributed by atoms with Crippen molar-refractivity contribution in [2.24, 2.45) is 5.41 Å². The number of benzene rings is 2. The number of carbonyl (C=O) groups excluding carboxylic acids is 1. The van der Waals surface area contributed by atoms with Crippen LogP contribution < -0.4 is 10.6 Å². The van der Waals surface area contributed by atoms with E-state index in [4.69, 9.17) is 23.2 Å². The van der Waals surface area contributed by atoms with E-state index in [0.717, 1.165) is 34.6 Å². The van der Waals surface area contributed by atoms with Crippen LogP contribution in [0.25, 0.3) is 0 Å². The molecule has 1 aliphatic heterocycles. The highest BCUT2D eigenvalue weighted by Gasteiger charge is 2.39. The molecule has 1 heterocycles. The van der Waals surface area contributed by atoms with Crippen LogP contribution in [-0.4, -0.2) is 5.78 Å². The number of fused-ring (bicyclic) bond motifs is 1. The molecule has 0 fully saturated rings. The SMILES string of the molecule is CC1(C)CC(=O)C2=C(C1)Nc1ccccc1NC2c1ccc(Cl)cc1Cl. The van der Waals surface area contributed by atoms with Gasteiger partial charge >= 0.3 is 0 Å². The largest absolute Gasteiger partial charge is 0.372 e. The number of hydrogen-bond donors (Lipinski definition) is 2. The van der Waals surface area contributed by atoms with E-state index >= 15 is 0 Å². The van der Waals surface area contributed by atoms with E-state index in [1.165, 1.54) is 0 Å². The van der Waals surface area contributed by atoms with Crippen molar-refractivity contribution in [3.8, 4) is 0 Å². The minimum Gasteiger partial charge on any atom is -0.372 e. The standard InChI is InChI=1S/C21H20Cl2N2O/c1-21(2)10-17-19(18(26)11-21)20(13-8-7-12(22)9-14(13)23)25-16-6-4-3-5-15(16)24-17/h3-9,20,24-25H,10-11H2,1-2H3. The summed E-state index contributed by atoms with van der Waals surface area (Å²) in [5, 5.41) is 8.16. The molecule has 26 heavy (non-hydrogen) atoms. The molecule has 2 aliphatic rings. The second-order valence-corrected chi connectivity index (χ2v) is 8.59. The third kappa shape index (κ3) is 3.10. The summed E-state index contributed by atoms with van der Waals surface area (Å²) in [6.45, 7) is 4.26. The van der Waals surface area contributed by atoms with Crippen molar-refractivity contribution in [2.75, 3.05) is 10.6 Å². The summed E-state index contributed by atoms with van der Waals surface area (Å²) >= 11 is 12.6. The topological polar surface area (TPSA) is 41.1 Å². The van der Waals surface area contributed by atoms with Crippen LogP contribution in [0.15, 0.2) is 53.7 Å². The van der Waals surface area contributed by atoms with E-state index in [9.17, 15) is 4.79 Å². The Labute approximate surface area is 163 Å². The van der Waals surface area contributed by atoms with Gasteiger partial charge in [0.25, 0.3) is 0 Å². The first-order valence-electron chi connectivity index (χ1n) is 8.68. The van der Waals surface area contributed by atoms with Crippen LogP contribution in [0.4, 0.5) is 11.4 Å². The number of nitrogens with one attached hydrogen (secondary N) is 2. The highest BCUT2D eigenvalue weighted by Crippen LogP contribution is 2.46. The molecule has 1 aliphatic carbocycles. The molecular formula is C21H20Cl2N2O. The monoisotopic (exact) mass is 386 g/mol. The van der Waals surface area contributed by atoms with Crippen LogP contribution in [0.5, 0.6) is 0 Å². The molecule has 2 aromatic carbocycles. The number of carbonyl (C=O) groups is 1. The van der Waals surface area contributed by atoms with Crippen molar-refractivity contribution >= 4 is 40.4 Å². The molecule has 0 saturated heterocycles. The van der Waals surface area contributed by atoms with Crippen LogP contribution in [0.3, 0.4) is 0 Å². The summed E-state index contributed by atoms with van der Waals surface area (Å²) in [5.74, 6) is 0.153. The smallest absolute Gasteiger partial charge is 0.163 e. The van der Waals surface area contributed by atoms with Crippen LogP contribution in [0, 0.1) is 5.41 Å². The summed E-state index contributed by atoms with van der Waals surface area (Å²) < 4.78 is 0. The van der Waals surface area contributed by atoms with Gasteiger partial charge in [-0.2, -0.15) is 0 Å². The zero-order chi connectivity index (χ0) is 18.5. The molecule has 0 amide bonds. The second kappa shape index (κ2) is 6.33. The van der Waals surface area contributed by atoms with E-state index in [0.29, 0.717) is 16.5 Å². The Hall–Kier alpha value is -1.97. The summed E-state index contributed by atoms with van der Waals surface area (Å²) in [6.07, 6.45) is 1.33. The number of allylic oxidation sites excluding steroid dienone is 1. The number of ketones is 1. The minimum atomic E-state index is -0.311. The number of rotatable bonds is 1. The van der Waals surface area contributed by atoms with Crippen LogP contribution >= 0.6 is 23.2 Å². The number of para-hydroxylation sites is 2. The fourth-order valence-electron chi connectivity index (χ4n) is 3.86. The average Bonchev–Trinajstić information content (AvgIpc) is 2.69. The van der Waals surface area contributed by atoms with Gasteiger partial charge in [-0.1, -0.05) is 55.2 Å². The summed E-state index contributed by atoms with van der Waals surface area (Å²) in [4.78, 5) is 13.1. The van der Waals surface area contributed by atoms with Gasteiger partial charge in [-0.3, -0.25) is 4.79 Å². The van der Waals surface area contributed by atoms with Gasteiger partial charge in [0.15, 0.2) is 5.78 Å². The van der Waals surface area contributed by atoms with Crippen LogP contribution in [0.2, 0.25) is 10.0 Å². The van der Waals surface area contributed by atoms with Gasteiger partial charge < -0.3 is 10.6 Å². The molecule has 1 unspecified atom stereocenters. The van der Waals surface area contributed by atoms with E-state index < -0.39 is 0 Å². The maximum absolute atomic E-state index is 13.1. The van der Waals surface area contributed by atoms with E-state index in [2.05, 4.69) is 24.5 Å². The normalized spacial score (nSPS) is 21.2. The minimum absolute atomic E-state index is 0.0729. The fraction of sp³-hybridized carbons (Fsp3) is 0.286. The zero-order valence-electron chi connectivity index (χ0n) is 14.7. The molecule has 2 aromatic rings. The molecule has 0 aromatic heterocycles. The Morgan fingerprint density at radius 1 is 1.04 bits per heavy atom. The van der Waals surface area contributed by atoms with Gasteiger partial charge in [-0.25, -0.2) is 0 Å². The van der Waals surface area contributed by atoms with Crippen LogP contribution in [0.1, 0.15) is 38.3 Å². The molecule has 134 valence electrons. The molecule has 5 heteroatoms. The predicted molar refractivity (Wildman–Crippen MR) is 108 cm³/mol. The first kappa shape index (κ1) is 17.4. The summed E-state index contributed by atoms with van der Waals surface area (Å²) in [6, 6.07) is 13.1. The van der Waals surface area contributed by atoms with Crippen molar-refractivity contribution < 1.29 is 4.79 Å². The van der Waals surface area contributed by atoms with Gasteiger partial charge in [-0.15, -0.1) is 0 Å². The van der Waals surface area contributed by atoms with Gasteiger partial charge in [-0.05, 0) is 41.7 Å². The third-order valence-corrected chi connectivity index (χ3v) is 5.56. The molecule has 3 nitrogen and oxygen atoms in total. The highest BCUT2D eigenvalue weighted by atomic mass is 35.5. The Balaban J connectivity index is 1.91. The Morgan fingerprint density at radius 3 is 2.50 bits per heavy atom. The highest BCUT2D eigenvalue weighted by molar-refractivity contribution is 6.35.